The number of nitrogens with zero attached hydrogens (tertiary/aromatic N) is 2. The number of hydrogen-bond donors (Lipinski definition) is 0. The zero-order chi connectivity index (χ0) is 23.9. The van der Waals surface area contributed by atoms with Crippen LogP contribution in [-0.2, 0) is 11.3 Å². The molecule has 0 N–H and O–H groups in total. The van der Waals surface area contributed by atoms with Crippen molar-refractivity contribution < 1.29 is 28.1 Å². The van der Waals surface area contributed by atoms with Crippen molar-refractivity contribution in [1.82, 2.24) is 10.2 Å². The average molecular weight is 464 g/mol. The van der Waals surface area contributed by atoms with Crippen LogP contribution in [0.4, 0.5) is 4.39 Å². The molecule has 0 fully saturated rings. The number of rotatable bonds is 10. The van der Waals surface area contributed by atoms with Crippen LogP contribution in [0, 0.1) is 12.7 Å². The van der Waals surface area contributed by atoms with Crippen LogP contribution >= 0.6 is 0 Å². The molecule has 8 heteroatoms. The van der Waals surface area contributed by atoms with Crippen LogP contribution < -0.4 is 18.9 Å². The van der Waals surface area contributed by atoms with E-state index in [4.69, 9.17) is 23.7 Å². The minimum absolute atomic E-state index is 0.0161. The van der Waals surface area contributed by atoms with Crippen LogP contribution in [0.1, 0.15) is 11.1 Å². The molecular formula is C26H25FN2O5. The first-order valence-corrected chi connectivity index (χ1v) is 10.7. The van der Waals surface area contributed by atoms with E-state index in [2.05, 4.69) is 10.2 Å². The molecule has 1 heterocycles. The predicted molar refractivity (Wildman–Crippen MR) is 125 cm³/mol. The lowest BCUT2D eigenvalue weighted by atomic mass is 10.2. The first kappa shape index (κ1) is 23.3. The van der Waals surface area contributed by atoms with Gasteiger partial charge in [0.05, 0.1) is 25.3 Å². The standard InChI is InChI=1S/C26H25FN2O5/c1-17-11-20(27)23(14-22(17)33-16-18-7-5-4-6-8-18)34-26-15-28-29-21-13-25(32-10-9-30-2)24(31-3)12-19(21)26/h4-8,11-15H,9-10,16H2,1-3H3. The van der Waals surface area contributed by atoms with Gasteiger partial charge in [-0.25, -0.2) is 4.39 Å². The van der Waals surface area contributed by atoms with Gasteiger partial charge in [0.2, 0.25) is 0 Å². The van der Waals surface area contributed by atoms with E-state index >= 15 is 0 Å². The van der Waals surface area contributed by atoms with E-state index in [1.54, 1.807) is 32.2 Å². The highest BCUT2D eigenvalue weighted by Gasteiger charge is 2.16. The monoisotopic (exact) mass is 464 g/mol. The minimum atomic E-state index is -0.513. The van der Waals surface area contributed by atoms with E-state index < -0.39 is 5.82 Å². The maximum atomic E-state index is 14.8. The number of aryl methyl sites for hydroxylation is 1. The Bertz CT molecular complexity index is 1270. The number of benzene rings is 3. The van der Waals surface area contributed by atoms with Crippen molar-refractivity contribution in [2.24, 2.45) is 0 Å². The first-order valence-electron chi connectivity index (χ1n) is 10.7. The Labute approximate surface area is 197 Å². The first-order chi connectivity index (χ1) is 16.6. The van der Waals surface area contributed by atoms with E-state index in [0.717, 1.165) is 5.56 Å². The molecule has 0 aliphatic carbocycles. The molecule has 0 radical (unpaired) electrons. The summed E-state index contributed by atoms with van der Waals surface area (Å²) in [6.45, 7) is 2.92. The van der Waals surface area contributed by atoms with E-state index in [1.165, 1.54) is 19.4 Å². The lowest BCUT2D eigenvalue weighted by Crippen LogP contribution is -2.05. The molecule has 0 unspecified atom stereocenters. The third-order valence-electron chi connectivity index (χ3n) is 5.12. The van der Waals surface area contributed by atoms with Crippen molar-refractivity contribution in [2.45, 2.75) is 13.5 Å². The third-order valence-corrected chi connectivity index (χ3v) is 5.12. The summed E-state index contributed by atoms with van der Waals surface area (Å²) in [4.78, 5) is 0. The molecule has 7 nitrogen and oxygen atoms in total. The molecule has 4 rings (SSSR count). The lowest BCUT2D eigenvalue weighted by molar-refractivity contribution is 0.144. The van der Waals surface area contributed by atoms with Crippen molar-refractivity contribution in [3.05, 3.63) is 77.7 Å². The molecule has 176 valence electrons. The molecular weight excluding hydrogens is 439 g/mol. The Morgan fingerprint density at radius 3 is 2.41 bits per heavy atom. The zero-order valence-corrected chi connectivity index (χ0v) is 19.2. The van der Waals surface area contributed by atoms with Crippen LogP contribution in [0.5, 0.6) is 28.7 Å². The molecule has 1 aromatic heterocycles. The molecule has 0 saturated carbocycles. The molecule has 0 aliphatic heterocycles. The molecule has 0 bridgehead atoms. The average Bonchev–Trinajstić information content (AvgIpc) is 2.85. The van der Waals surface area contributed by atoms with Crippen LogP contribution in [-0.4, -0.2) is 37.6 Å². The Hall–Kier alpha value is -3.91. The summed E-state index contributed by atoms with van der Waals surface area (Å²) in [5.74, 6) is 1.33. The number of hydrogen-bond acceptors (Lipinski definition) is 7. The summed E-state index contributed by atoms with van der Waals surface area (Å²) in [6, 6.07) is 16.1. The highest BCUT2D eigenvalue weighted by atomic mass is 19.1. The Morgan fingerprint density at radius 1 is 0.824 bits per heavy atom. The van der Waals surface area contributed by atoms with Gasteiger partial charge < -0.3 is 23.7 Å². The summed E-state index contributed by atoms with van der Waals surface area (Å²) < 4.78 is 42.8. The topological polar surface area (TPSA) is 71.9 Å². The van der Waals surface area contributed by atoms with Gasteiger partial charge in [0.15, 0.2) is 28.8 Å². The fourth-order valence-corrected chi connectivity index (χ4v) is 3.35. The van der Waals surface area contributed by atoms with E-state index in [1.807, 2.05) is 30.3 Å². The minimum Gasteiger partial charge on any atom is -0.493 e. The quantitative estimate of drug-likeness (QED) is 0.288. The maximum absolute atomic E-state index is 14.8. The van der Waals surface area contributed by atoms with Crippen LogP contribution in [0.3, 0.4) is 0 Å². The summed E-state index contributed by atoms with van der Waals surface area (Å²) >= 11 is 0. The highest BCUT2D eigenvalue weighted by molar-refractivity contribution is 5.87. The molecule has 0 atom stereocenters. The number of aromatic nitrogens is 2. The third kappa shape index (κ3) is 5.35. The molecule has 3 aromatic carbocycles. The number of methoxy groups -OCH3 is 2. The highest BCUT2D eigenvalue weighted by Crippen LogP contribution is 2.38. The van der Waals surface area contributed by atoms with Gasteiger partial charge in [-0.3, -0.25) is 0 Å². The molecule has 34 heavy (non-hydrogen) atoms. The fraction of sp³-hybridized carbons (Fsp3) is 0.231. The van der Waals surface area contributed by atoms with Gasteiger partial charge >= 0.3 is 0 Å². The molecule has 0 saturated heterocycles. The largest absolute Gasteiger partial charge is 0.493 e. The van der Waals surface area contributed by atoms with Crippen molar-refractivity contribution in [2.75, 3.05) is 27.4 Å². The van der Waals surface area contributed by atoms with Crippen LogP contribution in [0.15, 0.2) is 60.8 Å². The smallest absolute Gasteiger partial charge is 0.166 e. The van der Waals surface area contributed by atoms with Gasteiger partial charge in [-0.05, 0) is 30.2 Å². The normalized spacial score (nSPS) is 10.8. The molecule has 0 spiro atoms. The second kappa shape index (κ2) is 10.8. The summed E-state index contributed by atoms with van der Waals surface area (Å²) in [5.41, 5.74) is 2.19. The molecule has 4 aromatic rings. The Balaban J connectivity index is 1.62. The summed E-state index contributed by atoms with van der Waals surface area (Å²) in [6.07, 6.45) is 1.43. The number of fused-ring (bicyclic) bond motifs is 1. The van der Waals surface area contributed by atoms with Crippen LogP contribution in [0.25, 0.3) is 10.9 Å². The van der Waals surface area contributed by atoms with E-state index in [9.17, 15) is 4.39 Å². The summed E-state index contributed by atoms with van der Waals surface area (Å²) in [5, 5.41) is 8.74. The van der Waals surface area contributed by atoms with Crippen molar-refractivity contribution >= 4 is 10.9 Å². The SMILES string of the molecule is COCCOc1cc2nncc(Oc3cc(OCc4ccccc4)c(C)cc3F)c2cc1OC. The van der Waals surface area contributed by atoms with Gasteiger partial charge in [0.25, 0.3) is 0 Å². The lowest BCUT2D eigenvalue weighted by Gasteiger charge is -2.15. The second-order valence-corrected chi connectivity index (χ2v) is 7.49. The Morgan fingerprint density at radius 2 is 1.65 bits per heavy atom. The summed E-state index contributed by atoms with van der Waals surface area (Å²) in [7, 11) is 3.13. The molecule has 0 aliphatic rings. The van der Waals surface area contributed by atoms with Crippen molar-refractivity contribution in [1.29, 1.82) is 0 Å². The van der Waals surface area contributed by atoms with Crippen LogP contribution in [0.2, 0.25) is 0 Å². The van der Waals surface area contributed by atoms with Gasteiger partial charge in [0.1, 0.15) is 24.5 Å². The number of halogens is 1. The predicted octanol–water partition coefficient (Wildman–Crippen LogP) is 5.48. The number of ether oxygens (including phenoxy) is 5. The van der Waals surface area contributed by atoms with E-state index in [0.29, 0.717) is 59.3 Å². The molecule has 0 amide bonds. The maximum Gasteiger partial charge on any atom is 0.166 e. The van der Waals surface area contributed by atoms with Gasteiger partial charge in [-0.1, -0.05) is 30.3 Å². The van der Waals surface area contributed by atoms with Crippen molar-refractivity contribution in [3.8, 4) is 28.7 Å². The van der Waals surface area contributed by atoms with Gasteiger partial charge in [-0.2, -0.15) is 10.2 Å². The van der Waals surface area contributed by atoms with Gasteiger partial charge in [0, 0.05) is 19.2 Å². The second-order valence-electron chi connectivity index (χ2n) is 7.49. The van der Waals surface area contributed by atoms with E-state index in [-0.39, 0.29) is 5.75 Å². The Kier molecular flexibility index (Phi) is 7.39. The zero-order valence-electron chi connectivity index (χ0n) is 19.2. The van der Waals surface area contributed by atoms with Gasteiger partial charge in [-0.15, -0.1) is 0 Å². The van der Waals surface area contributed by atoms with Crippen molar-refractivity contribution in [3.63, 3.8) is 0 Å². The fourth-order valence-electron chi connectivity index (χ4n) is 3.35.